The Labute approximate surface area is 118 Å². The van der Waals surface area contributed by atoms with Gasteiger partial charge in [-0.05, 0) is 39.5 Å². The van der Waals surface area contributed by atoms with Crippen LogP contribution >= 0.6 is 0 Å². The molecule has 3 aliphatic rings. The first-order valence-electron chi connectivity index (χ1n) is 8.17. The predicted octanol–water partition coefficient (Wildman–Crippen LogP) is 0.506. The van der Waals surface area contributed by atoms with Crippen molar-refractivity contribution in [3.63, 3.8) is 0 Å². The highest BCUT2D eigenvalue weighted by Crippen LogP contribution is 2.25. The predicted molar refractivity (Wildman–Crippen MR) is 79.1 cm³/mol. The van der Waals surface area contributed by atoms with Gasteiger partial charge >= 0.3 is 0 Å². The minimum atomic E-state index is 0.753. The fraction of sp³-hybridized carbons (Fsp3) is 1.00. The quantitative estimate of drug-likeness (QED) is 0.592. The van der Waals surface area contributed by atoms with E-state index >= 15 is 0 Å². The molecule has 0 amide bonds. The molecule has 4 heteroatoms. The molecule has 3 aliphatic heterocycles. The molecule has 3 rings (SSSR count). The van der Waals surface area contributed by atoms with E-state index in [9.17, 15) is 0 Å². The molecule has 3 heterocycles. The van der Waals surface area contributed by atoms with Crippen molar-refractivity contribution in [1.82, 2.24) is 14.7 Å². The van der Waals surface area contributed by atoms with Crippen molar-refractivity contribution in [1.29, 1.82) is 0 Å². The first-order chi connectivity index (χ1) is 9.17. The number of quaternary nitrogens is 1. The van der Waals surface area contributed by atoms with Crippen LogP contribution in [0.25, 0.3) is 0 Å². The Bertz CT molecular complexity index is 309. The summed E-state index contributed by atoms with van der Waals surface area (Å²) in [7, 11) is 4.81. The van der Waals surface area contributed by atoms with Crippen molar-refractivity contribution in [2.24, 2.45) is 0 Å². The van der Waals surface area contributed by atoms with E-state index in [0.717, 1.165) is 6.17 Å². The molecule has 0 spiro atoms. The highest BCUT2D eigenvalue weighted by Gasteiger charge is 2.42. The Hall–Kier alpha value is -0.160. The molecule has 0 aromatic heterocycles. The molecule has 110 valence electrons. The number of rotatable bonds is 0. The van der Waals surface area contributed by atoms with E-state index < -0.39 is 0 Å². The zero-order valence-corrected chi connectivity index (χ0v) is 12.9. The van der Waals surface area contributed by atoms with E-state index in [1.807, 2.05) is 0 Å². The molecule has 0 radical (unpaired) electrons. The summed E-state index contributed by atoms with van der Waals surface area (Å²) in [4.78, 5) is 8.08. The topological polar surface area (TPSA) is 9.72 Å². The normalized spacial score (nSPS) is 42.6. The number of hydrogen-bond acceptors (Lipinski definition) is 3. The number of likely N-dealkylation sites (N-methyl/N-ethyl adjacent to an activating group) is 2. The van der Waals surface area contributed by atoms with Gasteiger partial charge in [-0.1, -0.05) is 0 Å². The molecule has 0 aromatic rings. The molecule has 3 unspecified atom stereocenters. The highest BCUT2D eigenvalue weighted by atomic mass is 15.5. The number of hydrogen-bond donors (Lipinski definition) is 0. The average Bonchev–Trinajstić information content (AvgIpc) is 2.60. The van der Waals surface area contributed by atoms with Gasteiger partial charge in [0.25, 0.3) is 0 Å². The van der Waals surface area contributed by atoms with Crippen LogP contribution in [-0.4, -0.2) is 98.3 Å². The fourth-order valence-corrected chi connectivity index (χ4v) is 4.26. The maximum atomic E-state index is 2.80. The minimum Gasteiger partial charge on any atom is -0.309 e. The van der Waals surface area contributed by atoms with Crippen LogP contribution in [0.1, 0.15) is 19.3 Å². The molecule has 0 aromatic carbocycles. The van der Waals surface area contributed by atoms with Crippen LogP contribution in [0.3, 0.4) is 0 Å². The summed E-state index contributed by atoms with van der Waals surface area (Å²) in [5.41, 5.74) is 0. The molecule has 3 saturated heterocycles. The zero-order chi connectivity index (χ0) is 13.3. The molecule has 0 aliphatic carbocycles. The second-order valence-electron chi connectivity index (χ2n) is 7.11. The summed E-state index contributed by atoms with van der Waals surface area (Å²) in [5, 5.41) is 0. The SMILES string of the molecule is CN1CCCN2CCCN3CCC[N+](C)(CC1)C3C2. The molecular formula is C15H31N4+. The molecule has 3 atom stereocenters. The van der Waals surface area contributed by atoms with Crippen LogP contribution in [0.2, 0.25) is 0 Å². The van der Waals surface area contributed by atoms with Crippen LogP contribution in [0.4, 0.5) is 0 Å². The Kier molecular flexibility index (Phi) is 4.13. The van der Waals surface area contributed by atoms with Crippen LogP contribution in [-0.2, 0) is 0 Å². The number of nitrogens with zero attached hydrogens (tertiary/aromatic N) is 4. The molecular weight excluding hydrogens is 236 g/mol. The lowest BCUT2D eigenvalue weighted by Crippen LogP contribution is -2.68. The molecule has 4 nitrogen and oxygen atoms in total. The van der Waals surface area contributed by atoms with Crippen LogP contribution in [0.15, 0.2) is 0 Å². The first kappa shape index (κ1) is 13.8. The van der Waals surface area contributed by atoms with Gasteiger partial charge in [0.15, 0.2) is 6.17 Å². The van der Waals surface area contributed by atoms with E-state index in [2.05, 4.69) is 28.8 Å². The van der Waals surface area contributed by atoms with E-state index in [4.69, 9.17) is 0 Å². The van der Waals surface area contributed by atoms with Crippen molar-refractivity contribution in [2.75, 3.05) is 73.0 Å². The summed E-state index contributed by atoms with van der Waals surface area (Å²) in [6.07, 6.45) is 4.85. The zero-order valence-electron chi connectivity index (χ0n) is 12.9. The third-order valence-corrected chi connectivity index (χ3v) is 5.60. The molecule has 2 bridgehead atoms. The molecule has 0 N–H and O–H groups in total. The van der Waals surface area contributed by atoms with Crippen molar-refractivity contribution in [3.05, 3.63) is 0 Å². The lowest BCUT2D eigenvalue weighted by molar-refractivity contribution is -0.949. The maximum absolute atomic E-state index is 2.80. The molecule has 3 fully saturated rings. The van der Waals surface area contributed by atoms with Gasteiger partial charge in [-0.3, -0.25) is 9.80 Å². The lowest BCUT2D eigenvalue weighted by atomic mass is 10.1. The molecule has 19 heavy (non-hydrogen) atoms. The first-order valence-corrected chi connectivity index (χ1v) is 8.17. The summed E-state index contributed by atoms with van der Waals surface area (Å²) in [6, 6.07) is 0. The maximum Gasteiger partial charge on any atom is 0.158 e. The fourth-order valence-electron chi connectivity index (χ4n) is 4.26. The monoisotopic (exact) mass is 267 g/mol. The van der Waals surface area contributed by atoms with Gasteiger partial charge < -0.3 is 9.38 Å². The van der Waals surface area contributed by atoms with Crippen LogP contribution in [0.5, 0.6) is 0 Å². The van der Waals surface area contributed by atoms with Crippen molar-refractivity contribution < 1.29 is 4.48 Å². The van der Waals surface area contributed by atoms with Gasteiger partial charge in [-0.2, -0.15) is 0 Å². The Morgan fingerprint density at radius 3 is 2.42 bits per heavy atom. The Morgan fingerprint density at radius 1 is 0.842 bits per heavy atom. The lowest BCUT2D eigenvalue weighted by Gasteiger charge is -2.51. The highest BCUT2D eigenvalue weighted by molar-refractivity contribution is 4.79. The van der Waals surface area contributed by atoms with E-state index in [0.29, 0.717) is 0 Å². The van der Waals surface area contributed by atoms with Gasteiger partial charge in [-0.15, -0.1) is 0 Å². The van der Waals surface area contributed by atoms with Crippen LogP contribution in [0, 0.1) is 0 Å². The van der Waals surface area contributed by atoms with E-state index in [1.54, 1.807) is 0 Å². The van der Waals surface area contributed by atoms with Gasteiger partial charge in [0.2, 0.25) is 0 Å². The van der Waals surface area contributed by atoms with Gasteiger partial charge in [0, 0.05) is 26.1 Å². The van der Waals surface area contributed by atoms with Crippen molar-refractivity contribution in [2.45, 2.75) is 25.4 Å². The third kappa shape index (κ3) is 2.97. The Balaban J connectivity index is 1.82. The van der Waals surface area contributed by atoms with Crippen LogP contribution < -0.4 is 0 Å². The third-order valence-electron chi connectivity index (χ3n) is 5.60. The second-order valence-corrected chi connectivity index (χ2v) is 7.11. The van der Waals surface area contributed by atoms with Crippen molar-refractivity contribution >= 4 is 0 Å². The Morgan fingerprint density at radius 2 is 1.58 bits per heavy atom. The minimum absolute atomic E-state index is 0.753. The van der Waals surface area contributed by atoms with Crippen molar-refractivity contribution in [3.8, 4) is 0 Å². The van der Waals surface area contributed by atoms with E-state index in [-0.39, 0.29) is 0 Å². The summed E-state index contributed by atoms with van der Waals surface area (Å²) in [5.74, 6) is 0. The molecule has 0 saturated carbocycles. The van der Waals surface area contributed by atoms with Gasteiger partial charge in [0.1, 0.15) is 0 Å². The number of fused-ring (bicyclic) bond motifs is 1. The van der Waals surface area contributed by atoms with E-state index in [1.165, 1.54) is 82.6 Å². The van der Waals surface area contributed by atoms with Gasteiger partial charge in [-0.25, -0.2) is 0 Å². The second kappa shape index (κ2) is 5.68. The smallest absolute Gasteiger partial charge is 0.158 e. The summed E-state index contributed by atoms with van der Waals surface area (Å²) < 4.78 is 1.28. The largest absolute Gasteiger partial charge is 0.309 e. The standard InChI is InChI=1S/C15H31N4/c1-16-6-3-7-17-8-4-9-18-10-5-12-19(2,13-11-16)15(18)14-17/h15H,3-14H2,1-2H3/q+1. The summed E-state index contributed by atoms with van der Waals surface area (Å²) in [6.45, 7) is 11.8. The average molecular weight is 267 g/mol. The summed E-state index contributed by atoms with van der Waals surface area (Å²) >= 11 is 0. The van der Waals surface area contributed by atoms with Gasteiger partial charge in [0.05, 0.1) is 26.7 Å².